The molecule has 0 saturated heterocycles. The summed E-state index contributed by atoms with van der Waals surface area (Å²) in [5, 5.41) is 49.5. The molecule has 3 aromatic rings. The molecule has 28 heavy (non-hydrogen) atoms. The van der Waals surface area contributed by atoms with E-state index in [1.54, 1.807) is 0 Å². The molecule has 0 amide bonds. The molecule has 0 fully saturated rings. The Morgan fingerprint density at radius 2 is 1.07 bits per heavy atom. The van der Waals surface area contributed by atoms with Crippen molar-refractivity contribution in [2.24, 2.45) is 0 Å². The molecule has 6 heteroatoms. The Labute approximate surface area is 162 Å². The molecule has 3 aromatic carbocycles. The summed E-state index contributed by atoms with van der Waals surface area (Å²) in [7, 11) is 0. The molecule has 6 nitrogen and oxygen atoms in total. The van der Waals surface area contributed by atoms with Gasteiger partial charge in [0.15, 0.2) is 23.0 Å². The topological polar surface area (TPSA) is 127 Å². The van der Waals surface area contributed by atoms with Crippen LogP contribution in [0.15, 0.2) is 36.4 Å². The van der Waals surface area contributed by atoms with Crippen LogP contribution in [0, 0.1) is 13.8 Å². The Bertz CT molecular complexity index is 979. The molecular weight excluding hydrogens is 358 g/mol. The van der Waals surface area contributed by atoms with Gasteiger partial charge in [-0.05, 0) is 59.9 Å². The summed E-state index contributed by atoms with van der Waals surface area (Å²) >= 11 is 0. The van der Waals surface area contributed by atoms with Crippen LogP contribution in [0.1, 0.15) is 33.4 Å². The first-order valence-corrected chi connectivity index (χ1v) is 8.79. The molecule has 0 aliphatic carbocycles. The van der Waals surface area contributed by atoms with E-state index in [9.17, 15) is 25.5 Å². The molecule has 3 rings (SSSR count). The van der Waals surface area contributed by atoms with E-state index in [2.05, 4.69) is 0 Å². The number of hydrogen-bond donors (Lipinski definition) is 6. The highest BCUT2D eigenvalue weighted by Crippen LogP contribution is 2.35. The Kier molecular flexibility index (Phi) is 4.96. The summed E-state index contributed by atoms with van der Waals surface area (Å²) in [5.41, 5.74) is 10.7. The maximum Gasteiger partial charge on any atom is 0.159 e. The summed E-state index contributed by atoms with van der Waals surface area (Å²) in [5.74, 6) is -0.854. The molecule has 0 aromatic heterocycles. The lowest BCUT2D eigenvalue weighted by atomic mass is 9.93. The molecule has 0 aliphatic rings. The van der Waals surface area contributed by atoms with E-state index in [0.717, 1.165) is 16.7 Å². The number of phenols is 5. The Morgan fingerprint density at radius 1 is 0.607 bits per heavy atom. The van der Waals surface area contributed by atoms with Crippen LogP contribution in [0.5, 0.6) is 28.7 Å². The van der Waals surface area contributed by atoms with E-state index in [1.807, 2.05) is 26.0 Å². The first kappa shape index (κ1) is 19.2. The quantitative estimate of drug-likeness (QED) is 0.233. The molecule has 0 heterocycles. The normalized spacial score (nSPS) is 10.9. The molecule has 0 bridgehead atoms. The number of anilines is 1. The van der Waals surface area contributed by atoms with Crippen molar-refractivity contribution in [2.45, 2.75) is 26.7 Å². The number of phenolic OH excluding ortho intramolecular Hbond substituents is 5. The number of rotatable bonds is 4. The lowest BCUT2D eigenvalue weighted by molar-refractivity contribution is 0.402. The van der Waals surface area contributed by atoms with E-state index in [4.69, 9.17) is 5.73 Å². The fourth-order valence-electron chi connectivity index (χ4n) is 3.32. The average Bonchev–Trinajstić information content (AvgIpc) is 2.61. The van der Waals surface area contributed by atoms with E-state index in [1.165, 1.54) is 24.3 Å². The molecule has 0 aliphatic heterocycles. The zero-order valence-corrected chi connectivity index (χ0v) is 15.7. The van der Waals surface area contributed by atoms with Crippen molar-refractivity contribution >= 4 is 5.69 Å². The van der Waals surface area contributed by atoms with Gasteiger partial charge in [0, 0.05) is 24.6 Å². The third-order valence-electron chi connectivity index (χ3n) is 4.84. The van der Waals surface area contributed by atoms with Gasteiger partial charge in [0.25, 0.3) is 0 Å². The summed E-state index contributed by atoms with van der Waals surface area (Å²) in [6.45, 7) is 3.73. The highest BCUT2D eigenvalue weighted by molar-refractivity contribution is 5.59. The van der Waals surface area contributed by atoms with Gasteiger partial charge in [0.05, 0.1) is 0 Å². The summed E-state index contributed by atoms with van der Waals surface area (Å²) in [6.07, 6.45) is 0.649. The first-order chi connectivity index (χ1) is 13.2. The average molecular weight is 381 g/mol. The summed E-state index contributed by atoms with van der Waals surface area (Å²) < 4.78 is 0. The summed E-state index contributed by atoms with van der Waals surface area (Å²) in [4.78, 5) is 0. The van der Waals surface area contributed by atoms with Gasteiger partial charge in [-0.15, -0.1) is 0 Å². The molecule has 0 unspecified atom stereocenters. The maximum atomic E-state index is 10.8. The van der Waals surface area contributed by atoms with Crippen LogP contribution < -0.4 is 5.73 Å². The third kappa shape index (κ3) is 3.76. The predicted octanol–water partition coefficient (Wildman–Crippen LogP) is 3.60. The van der Waals surface area contributed by atoms with Gasteiger partial charge in [-0.1, -0.05) is 17.7 Å². The van der Waals surface area contributed by atoms with E-state index >= 15 is 0 Å². The van der Waals surface area contributed by atoms with Gasteiger partial charge >= 0.3 is 0 Å². The van der Waals surface area contributed by atoms with Gasteiger partial charge in [-0.2, -0.15) is 0 Å². The molecule has 0 atom stereocenters. The third-order valence-corrected chi connectivity index (χ3v) is 4.84. The van der Waals surface area contributed by atoms with E-state index in [-0.39, 0.29) is 35.2 Å². The van der Waals surface area contributed by atoms with Crippen molar-refractivity contribution in [1.82, 2.24) is 0 Å². The van der Waals surface area contributed by atoms with Gasteiger partial charge in [-0.3, -0.25) is 0 Å². The molecule has 0 saturated carbocycles. The van der Waals surface area contributed by atoms with Gasteiger partial charge in [0.2, 0.25) is 0 Å². The Morgan fingerprint density at radius 3 is 1.68 bits per heavy atom. The van der Waals surface area contributed by atoms with Crippen LogP contribution in [-0.4, -0.2) is 25.5 Å². The van der Waals surface area contributed by atoms with Crippen molar-refractivity contribution in [3.63, 3.8) is 0 Å². The molecule has 0 radical (unpaired) electrons. The van der Waals surface area contributed by atoms with Crippen LogP contribution in [0.4, 0.5) is 5.69 Å². The fraction of sp³-hybridized carbons (Fsp3) is 0.182. The number of hydrogen-bond acceptors (Lipinski definition) is 6. The second-order valence-corrected chi connectivity index (χ2v) is 7.09. The number of aromatic hydroxyl groups is 5. The molecular formula is C22H23NO5. The minimum Gasteiger partial charge on any atom is -0.507 e. The van der Waals surface area contributed by atoms with Crippen LogP contribution in [0.2, 0.25) is 0 Å². The number of nitrogen functional groups attached to an aromatic ring is 1. The van der Waals surface area contributed by atoms with Gasteiger partial charge in [-0.25, -0.2) is 0 Å². The molecule has 0 spiro atoms. The first-order valence-electron chi connectivity index (χ1n) is 8.79. The van der Waals surface area contributed by atoms with Crippen molar-refractivity contribution in [1.29, 1.82) is 0 Å². The van der Waals surface area contributed by atoms with Crippen molar-refractivity contribution in [2.75, 3.05) is 5.73 Å². The smallest absolute Gasteiger partial charge is 0.159 e. The van der Waals surface area contributed by atoms with Gasteiger partial charge < -0.3 is 31.3 Å². The van der Waals surface area contributed by atoms with Crippen molar-refractivity contribution in [3.05, 3.63) is 69.8 Å². The molecule has 7 N–H and O–H groups in total. The predicted molar refractivity (Wildman–Crippen MR) is 107 cm³/mol. The van der Waals surface area contributed by atoms with Crippen LogP contribution in [-0.2, 0) is 12.8 Å². The maximum absolute atomic E-state index is 10.8. The van der Waals surface area contributed by atoms with Crippen LogP contribution in [0.25, 0.3) is 0 Å². The fourth-order valence-corrected chi connectivity index (χ4v) is 3.32. The molecule has 146 valence electrons. The highest BCUT2D eigenvalue weighted by Gasteiger charge is 2.15. The van der Waals surface area contributed by atoms with Crippen LogP contribution >= 0.6 is 0 Å². The standard InChI is InChI=1S/C22H23NO5/c1-11-3-15(6-13-8-19(25)18(24)5-12(13)2)22(28)16(4-11)7-14-9-20(26)21(27)10-17(14)23/h3-5,8-10,24-28H,6-7,23H2,1-2H3. The second kappa shape index (κ2) is 7.23. The van der Waals surface area contributed by atoms with Crippen molar-refractivity contribution < 1.29 is 25.5 Å². The highest BCUT2D eigenvalue weighted by atomic mass is 16.3. The monoisotopic (exact) mass is 381 g/mol. The van der Waals surface area contributed by atoms with Crippen LogP contribution in [0.3, 0.4) is 0 Å². The largest absolute Gasteiger partial charge is 0.507 e. The minimum absolute atomic E-state index is 0.101. The number of benzene rings is 3. The zero-order chi connectivity index (χ0) is 20.6. The Hall–Kier alpha value is -3.54. The van der Waals surface area contributed by atoms with E-state index in [0.29, 0.717) is 28.8 Å². The summed E-state index contributed by atoms with van der Waals surface area (Å²) in [6, 6.07) is 9.33. The second-order valence-electron chi connectivity index (χ2n) is 7.09. The SMILES string of the molecule is Cc1cc(Cc2cc(O)c(O)cc2C)c(O)c(Cc2cc(O)c(O)cc2N)c1. The minimum atomic E-state index is -0.294. The zero-order valence-electron chi connectivity index (χ0n) is 15.7. The lowest BCUT2D eigenvalue weighted by Crippen LogP contribution is -2.00. The lowest BCUT2D eigenvalue weighted by Gasteiger charge is -2.15. The number of nitrogens with two attached hydrogens (primary N) is 1. The number of aryl methyl sites for hydroxylation is 2. The van der Waals surface area contributed by atoms with E-state index < -0.39 is 0 Å². The van der Waals surface area contributed by atoms with Crippen molar-refractivity contribution in [3.8, 4) is 28.7 Å². The Balaban J connectivity index is 1.99. The van der Waals surface area contributed by atoms with Gasteiger partial charge in [0.1, 0.15) is 5.75 Å².